The van der Waals surface area contributed by atoms with Crippen molar-refractivity contribution in [1.29, 1.82) is 0 Å². The minimum atomic E-state index is -0.705. The number of ketones is 1. The fourth-order valence-corrected chi connectivity index (χ4v) is 0.909. The molecule has 1 rings (SSSR count). The van der Waals surface area contributed by atoms with Crippen LogP contribution in [0.15, 0.2) is 6.20 Å². The van der Waals surface area contributed by atoms with Crippen LogP contribution >= 0.6 is 0 Å². The molecule has 0 spiro atoms. The fourth-order valence-electron chi connectivity index (χ4n) is 0.909. The van der Waals surface area contributed by atoms with Crippen LogP contribution in [0.5, 0.6) is 0 Å². The molecular formula is C6H5N5O3. The number of hydrogen-bond acceptors (Lipinski definition) is 4. The molecule has 1 aromatic rings. The Morgan fingerprint density at radius 1 is 1.86 bits per heavy atom. The lowest BCUT2D eigenvalue weighted by atomic mass is 10.4. The highest BCUT2D eigenvalue weighted by atomic mass is 16.6. The molecule has 0 amide bonds. The average molecular weight is 195 g/mol. The minimum Gasteiger partial charge on any atom is -0.361 e. The molecule has 0 unspecified atom stereocenters. The molecule has 0 aromatic carbocycles. The maximum absolute atomic E-state index is 11.1. The highest BCUT2D eigenvalue weighted by Crippen LogP contribution is 2.11. The lowest BCUT2D eigenvalue weighted by Crippen LogP contribution is -2.10. The van der Waals surface area contributed by atoms with Crippen molar-refractivity contribution in [3.63, 3.8) is 0 Å². The van der Waals surface area contributed by atoms with Crippen molar-refractivity contribution in [2.24, 2.45) is 7.05 Å². The van der Waals surface area contributed by atoms with E-state index < -0.39 is 10.7 Å². The van der Waals surface area contributed by atoms with Gasteiger partial charge in [-0.05, 0) is 4.92 Å². The third-order valence-corrected chi connectivity index (χ3v) is 1.55. The van der Waals surface area contributed by atoms with Gasteiger partial charge in [0.25, 0.3) is 5.82 Å². The molecule has 8 nitrogen and oxygen atoms in total. The Kier molecular flexibility index (Phi) is 2.49. The molecule has 8 heteroatoms. The van der Waals surface area contributed by atoms with Gasteiger partial charge in [0.15, 0.2) is 0 Å². The van der Waals surface area contributed by atoms with E-state index in [1.165, 1.54) is 7.05 Å². The van der Waals surface area contributed by atoms with Gasteiger partial charge in [0.05, 0.1) is 7.05 Å². The summed E-state index contributed by atoms with van der Waals surface area (Å²) in [7, 11) is 1.32. The predicted octanol–water partition coefficient (Wildman–Crippen LogP) is -0.188. The summed E-state index contributed by atoms with van der Waals surface area (Å²) in [5, 5.41) is 10.4. The first-order valence-electron chi connectivity index (χ1n) is 3.45. The van der Waals surface area contributed by atoms with Crippen molar-refractivity contribution in [2.75, 3.05) is 0 Å². The van der Waals surface area contributed by atoms with Crippen LogP contribution in [-0.4, -0.2) is 31.3 Å². The number of nitrogens with zero attached hydrogens (tertiary/aromatic N) is 5. The summed E-state index contributed by atoms with van der Waals surface area (Å²) in [5.74, 6) is -1.17. The minimum absolute atomic E-state index is 0.158. The largest absolute Gasteiger partial charge is 0.361 e. The van der Waals surface area contributed by atoms with E-state index in [9.17, 15) is 14.9 Å². The van der Waals surface area contributed by atoms with Crippen molar-refractivity contribution in [1.82, 2.24) is 9.55 Å². The van der Waals surface area contributed by atoms with E-state index in [2.05, 4.69) is 9.77 Å². The van der Waals surface area contributed by atoms with Gasteiger partial charge < -0.3 is 15.6 Å². The van der Waals surface area contributed by atoms with E-state index in [1.807, 2.05) is 0 Å². The number of hydrogen-bond donors (Lipinski definition) is 0. The number of imidazole rings is 1. The first kappa shape index (κ1) is 9.75. The Morgan fingerprint density at radius 3 is 2.93 bits per heavy atom. The number of nitro groups is 1. The van der Waals surface area contributed by atoms with E-state index in [0.29, 0.717) is 6.21 Å². The number of carbonyl (C=O) groups is 1. The summed E-state index contributed by atoms with van der Waals surface area (Å²) >= 11 is 0. The predicted molar refractivity (Wildman–Crippen MR) is 43.9 cm³/mol. The average Bonchev–Trinajstić information content (AvgIpc) is 2.47. The zero-order chi connectivity index (χ0) is 10.7. The lowest BCUT2D eigenvalue weighted by molar-refractivity contribution is -0.391. The Morgan fingerprint density at radius 2 is 2.50 bits per heavy atom. The quantitative estimate of drug-likeness (QED) is 0.166. The van der Waals surface area contributed by atoms with Crippen molar-refractivity contribution in [2.45, 2.75) is 0 Å². The van der Waals surface area contributed by atoms with E-state index in [1.54, 1.807) is 0 Å². The van der Waals surface area contributed by atoms with Gasteiger partial charge in [0.1, 0.15) is 6.20 Å². The second-order valence-corrected chi connectivity index (χ2v) is 2.36. The standard InChI is InChI=1S/C6H5N5O3/c1-10-5(11(13)14)3-8-6(10)4(12)2-9-7/h2-3H,1H3. The second-order valence-electron chi connectivity index (χ2n) is 2.36. The van der Waals surface area contributed by atoms with Crippen LogP contribution in [-0.2, 0) is 7.05 Å². The number of Topliss-reactive ketones (excluding diaryl/α,β-unsaturated/α-hetero) is 1. The summed E-state index contributed by atoms with van der Waals surface area (Å²) in [5.41, 5.74) is 8.08. The molecule has 1 aromatic heterocycles. The molecule has 0 aliphatic heterocycles. The van der Waals surface area contributed by atoms with Crippen LogP contribution < -0.4 is 0 Å². The Hall–Kier alpha value is -2.34. The summed E-state index contributed by atoms with van der Waals surface area (Å²) in [6.07, 6.45) is 1.57. The topological polar surface area (TPSA) is 114 Å². The van der Waals surface area contributed by atoms with Crippen LogP contribution in [0.25, 0.3) is 5.53 Å². The first-order chi connectivity index (χ1) is 6.57. The van der Waals surface area contributed by atoms with E-state index >= 15 is 0 Å². The van der Waals surface area contributed by atoms with Gasteiger partial charge in [0, 0.05) is 0 Å². The molecule has 1 heterocycles. The molecule has 72 valence electrons. The molecule has 0 fully saturated rings. The second kappa shape index (κ2) is 3.58. The molecule has 0 radical (unpaired) electrons. The van der Waals surface area contributed by atoms with Crippen LogP contribution in [0, 0.1) is 10.1 Å². The van der Waals surface area contributed by atoms with Gasteiger partial charge in [-0.15, -0.1) is 0 Å². The van der Waals surface area contributed by atoms with Gasteiger partial charge in [-0.3, -0.25) is 4.79 Å². The molecule has 0 saturated carbocycles. The smallest absolute Gasteiger partial charge is 0.343 e. The van der Waals surface area contributed by atoms with Gasteiger partial charge in [0.2, 0.25) is 0 Å². The van der Waals surface area contributed by atoms with Crippen molar-refractivity contribution in [3.05, 3.63) is 27.7 Å². The fraction of sp³-hybridized carbons (Fsp3) is 0.167. The molecule has 0 aliphatic carbocycles. The molecule has 0 bridgehead atoms. The number of rotatable bonds is 3. The number of aromatic nitrogens is 2. The molecule has 0 N–H and O–H groups in total. The molecule has 0 saturated heterocycles. The highest BCUT2D eigenvalue weighted by Gasteiger charge is 2.23. The maximum Gasteiger partial charge on any atom is 0.343 e. The Balaban J connectivity index is 3.19. The Labute approximate surface area is 77.6 Å². The summed E-state index contributed by atoms with van der Waals surface area (Å²) in [6.45, 7) is 0. The maximum atomic E-state index is 11.1. The van der Waals surface area contributed by atoms with E-state index in [0.717, 1.165) is 10.8 Å². The van der Waals surface area contributed by atoms with Crippen molar-refractivity contribution in [3.8, 4) is 0 Å². The zero-order valence-corrected chi connectivity index (χ0v) is 7.12. The summed E-state index contributed by atoms with van der Waals surface area (Å²) < 4.78 is 1.00. The monoisotopic (exact) mass is 195 g/mol. The van der Waals surface area contributed by atoms with E-state index in [4.69, 9.17) is 5.53 Å². The normalized spacial score (nSPS) is 9.21. The van der Waals surface area contributed by atoms with Gasteiger partial charge in [-0.1, -0.05) is 0 Å². The van der Waals surface area contributed by atoms with Crippen LogP contribution in [0.3, 0.4) is 0 Å². The van der Waals surface area contributed by atoms with Gasteiger partial charge in [-0.2, -0.15) is 4.79 Å². The molecule has 14 heavy (non-hydrogen) atoms. The van der Waals surface area contributed by atoms with Crippen LogP contribution in [0.1, 0.15) is 10.6 Å². The first-order valence-corrected chi connectivity index (χ1v) is 3.45. The van der Waals surface area contributed by atoms with Crippen LogP contribution in [0.4, 0.5) is 5.82 Å². The zero-order valence-electron chi connectivity index (χ0n) is 7.12. The van der Waals surface area contributed by atoms with Crippen molar-refractivity contribution < 1.29 is 14.5 Å². The highest BCUT2D eigenvalue weighted by molar-refractivity contribution is 6.32. The summed E-state index contributed by atoms with van der Waals surface area (Å²) in [6, 6.07) is 0. The third kappa shape index (κ3) is 1.54. The van der Waals surface area contributed by atoms with E-state index in [-0.39, 0.29) is 11.6 Å². The molecule has 0 aliphatic rings. The SMILES string of the molecule is Cn1c([N+](=O)[O-])cnc1C(=O)C=[N+]=[N-]. The Bertz CT molecular complexity index is 442. The van der Waals surface area contributed by atoms with Crippen molar-refractivity contribution >= 4 is 17.8 Å². The lowest BCUT2D eigenvalue weighted by Gasteiger charge is -1.92. The van der Waals surface area contributed by atoms with Gasteiger partial charge >= 0.3 is 17.8 Å². The van der Waals surface area contributed by atoms with Crippen LogP contribution in [0.2, 0.25) is 0 Å². The summed E-state index contributed by atoms with van der Waals surface area (Å²) in [4.78, 5) is 26.8. The molecule has 0 atom stereocenters. The molecular weight excluding hydrogens is 190 g/mol. The van der Waals surface area contributed by atoms with Gasteiger partial charge in [-0.25, -0.2) is 9.55 Å². The third-order valence-electron chi connectivity index (χ3n) is 1.55. The number of carbonyl (C=O) groups excluding carboxylic acids is 1.